The zero-order valence-electron chi connectivity index (χ0n) is 11.8. The fraction of sp³-hybridized carbons (Fsp3) is 0.308. The van der Waals surface area contributed by atoms with Crippen molar-refractivity contribution in [2.75, 3.05) is 0 Å². The van der Waals surface area contributed by atoms with E-state index < -0.39 is 0 Å². The lowest BCUT2D eigenvalue weighted by atomic mass is 10.2. The third-order valence-electron chi connectivity index (χ3n) is 3.26. The maximum atomic E-state index is 12.1. The highest BCUT2D eigenvalue weighted by Gasteiger charge is 2.14. The number of carbonyl (C=O) groups is 1. The van der Waals surface area contributed by atoms with Gasteiger partial charge in [-0.2, -0.15) is 10.1 Å². The summed E-state index contributed by atoms with van der Waals surface area (Å²) in [6, 6.07) is 1.73. The largest absolute Gasteiger partial charge is 0.345 e. The molecule has 0 saturated heterocycles. The molecule has 3 aromatic heterocycles. The first-order valence-corrected chi connectivity index (χ1v) is 6.66. The number of nitrogens with zero attached hydrogens (tertiary/aromatic N) is 6. The topological polar surface area (TPSA) is 90.0 Å². The van der Waals surface area contributed by atoms with Crippen molar-refractivity contribution in [1.29, 1.82) is 0 Å². The number of aromatic nitrogens is 6. The summed E-state index contributed by atoms with van der Waals surface area (Å²) in [5.74, 6) is 0.177. The fourth-order valence-corrected chi connectivity index (χ4v) is 2.06. The molecule has 0 spiro atoms. The van der Waals surface area contributed by atoms with E-state index in [1.165, 1.54) is 4.52 Å². The number of amides is 1. The Kier molecular flexibility index (Phi) is 3.35. The summed E-state index contributed by atoms with van der Waals surface area (Å²) in [6.07, 6.45) is 5.06. The first kappa shape index (κ1) is 13.2. The molecule has 3 rings (SSSR count). The minimum absolute atomic E-state index is 0.106. The van der Waals surface area contributed by atoms with Crippen molar-refractivity contribution in [2.24, 2.45) is 0 Å². The van der Waals surface area contributed by atoms with Gasteiger partial charge in [0.2, 0.25) is 5.82 Å². The van der Waals surface area contributed by atoms with Gasteiger partial charge in [0.25, 0.3) is 11.7 Å². The maximum absolute atomic E-state index is 12.1. The predicted molar refractivity (Wildman–Crippen MR) is 74.6 cm³/mol. The SMILES string of the molecule is CCn1ncc(CNC(=O)c2nc3ncccn3n2)c1C. The van der Waals surface area contributed by atoms with Crippen LogP contribution in [-0.4, -0.2) is 35.3 Å². The lowest BCUT2D eigenvalue weighted by molar-refractivity contribution is 0.0940. The molecule has 8 heteroatoms. The highest BCUT2D eigenvalue weighted by Crippen LogP contribution is 2.07. The molecular weight excluding hydrogens is 270 g/mol. The number of aryl methyl sites for hydroxylation is 1. The van der Waals surface area contributed by atoms with Crippen LogP contribution in [0.2, 0.25) is 0 Å². The second-order valence-electron chi connectivity index (χ2n) is 4.55. The summed E-state index contributed by atoms with van der Waals surface area (Å²) in [7, 11) is 0. The molecule has 0 bridgehead atoms. The molecule has 3 heterocycles. The van der Waals surface area contributed by atoms with E-state index in [1.54, 1.807) is 24.7 Å². The van der Waals surface area contributed by atoms with Gasteiger partial charge in [0.1, 0.15) is 0 Å². The maximum Gasteiger partial charge on any atom is 0.291 e. The van der Waals surface area contributed by atoms with Gasteiger partial charge in [-0.25, -0.2) is 9.50 Å². The summed E-state index contributed by atoms with van der Waals surface area (Å²) in [6.45, 7) is 5.20. The van der Waals surface area contributed by atoms with Crippen LogP contribution in [0.1, 0.15) is 28.8 Å². The summed E-state index contributed by atoms with van der Waals surface area (Å²) >= 11 is 0. The van der Waals surface area contributed by atoms with E-state index in [1.807, 2.05) is 18.5 Å². The Bertz CT molecular complexity index is 756. The molecule has 0 saturated carbocycles. The molecule has 0 atom stereocenters. The van der Waals surface area contributed by atoms with Crippen molar-refractivity contribution in [1.82, 2.24) is 34.7 Å². The first-order valence-electron chi connectivity index (χ1n) is 6.66. The molecule has 108 valence electrons. The van der Waals surface area contributed by atoms with Crippen LogP contribution >= 0.6 is 0 Å². The second kappa shape index (κ2) is 5.31. The van der Waals surface area contributed by atoms with Gasteiger partial charge in [0.05, 0.1) is 6.20 Å². The number of carbonyl (C=O) groups excluding carboxylic acids is 1. The van der Waals surface area contributed by atoms with Crippen LogP contribution in [-0.2, 0) is 13.1 Å². The lowest BCUT2D eigenvalue weighted by Crippen LogP contribution is -2.24. The van der Waals surface area contributed by atoms with Crippen LogP contribution in [0.4, 0.5) is 0 Å². The monoisotopic (exact) mass is 285 g/mol. The van der Waals surface area contributed by atoms with Gasteiger partial charge in [-0.3, -0.25) is 9.48 Å². The summed E-state index contributed by atoms with van der Waals surface area (Å²) < 4.78 is 3.35. The smallest absolute Gasteiger partial charge is 0.291 e. The Balaban J connectivity index is 1.72. The molecule has 8 nitrogen and oxygen atoms in total. The van der Waals surface area contributed by atoms with E-state index in [2.05, 4.69) is 25.5 Å². The number of hydrogen-bond donors (Lipinski definition) is 1. The van der Waals surface area contributed by atoms with Crippen molar-refractivity contribution in [3.63, 3.8) is 0 Å². The predicted octanol–water partition coefficient (Wildman–Crippen LogP) is 0.579. The van der Waals surface area contributed by atoms with Crippen molar-refractivity contribution >= 4 is 11.7 Å². The molecule has 21 heavy (non-hydrogen) atoms. The molecule has 0 aliphatic rings. The Hall–Kier alpha value is -2.77. The third kappa shape index (κ3) is 2.47. The molecule has 0 aromatic carbocycles. The zero-order chi connectivity index (χ0) is 14.8. The van der Waals surface area contributed by atoms with Crippen molar-refractivity contribution in [3.05, 3.63) is 41.7 Å². The highest BCUT2D eigenvalue weighted by molar-refractivity contribution is 5.90. The van der Waals surface area contributed by atoms with Gasteiger partial charge < -0.3 is 5.32 Å². The third-order valence-corrected chi connectivity index (χ3v) is 3.26. The zero-order valence-corrected chi connectivity index (χ0v) is 11.8. The number of nitrogens with one attached hydrogen (secondary N) is 1. The summed E-state index contributed by atoms with van der Waals surface area (Å²) in [5, 5.41) is 11.1. The molecular formula is C13H15N7O. The Labute approximate surface area is 120 Å². The molecule has 3 aromatic rings. The number of rotatable bonds is 4. The number of hydrogen-bond acceptors (Lipinski definition) is 5. The molecule has 0 unspecified atom stereocenters. The van der Waals surface area contributed by atoms with Gasteiger partial charge in [-0.05, 0) is 19.9 Å². The molecule has 0 fully saturated rings. The lowest BCUT2D eigenvalue weighted by Gasteiger charge is -2.03. The molecule has 1 N–H and O–H groups in total. The normalized spacial score (nSPS) is 11.0. The van der Waals surface area contributed by atoms with Gasteiger partial charge in [0, 0.05) is 36.7 Å². The Morgan fingerprint density at radius 3 is 3.00 bits per heavy atom. The van der Waals surface area contributed by atoms with Gasteiger partial charge >= 0.3 is 0 Å². The van der Waals surface area contributed by atoms with Crippen LogP contribution in [0, 0.1) is 6.92 Å². The van der Waals surface area contributed by atoms with Crippen LogP contribution in [0.25, 0.3) is 5.78 Å². The number of fused-ring (bicyclic) bond motifs is 1. The van der Waals surface area contributed by atoms with E-state index in [0.29, 0.717) is 12.3 Å². The second-order valence-corrected chi connectivity index (χ2v) is 4.55. The van der Waals surface area contributed by atoms with E-state index in [0.717, 1.165) is 17.8 Å². The minimum atomic E-state index is -0.329. The average Bonchev–Trinajstić information content (AvgIpc) is 3.08. The highest BCUT2D eigenvalue weighted by atomic mass is 16.2. The van der Waals surface area contributed by atoms with Crippen molar-refractivity contribution in [3.8, 4) is 0 Å². The quantitative estimate of drug-likeness (QED) is 0.757. The van der Waals surface area contributed by atoms with Gasteiger partial charge in [-0.1, -0.05) is 0 Å². The molecule has 0 radical (unpaired) electrons. The average molecular weight is 285 g/mol. The Morgan fingerprint density at radius 1 is 1.43 bits per heavy atom. The molecule has 0 aliphatic carbocycles. The van der Waals surface area contributed by atoms with E-state index in [4.69, 9.17) is 0 Å². The fourth-order valence-electron chi connectivity index (χ4n) is 2.06. The summed E-state index contributed by atoms with van der Waals surface area (Å²) in [4.78, 5) is 20.2. The standard InChI is InChI=1S/C13H15N7O/c1-3-19-9(2)10(8-16-19)7-15-12(21)11-17-13-14-5-4-6-20(13)18-11/h4-6,8H,3,7H2,1-2H3,(H,15,21). The van der Waals surface area contributed by atoms with Crippen molar-refractivity contribution < 1.29 is 4.79 Å². The molecule has 1 amide bonds. The van der Waals surface area contributed by atoms with Crippen LogP contribution in [0.3, 0.4) is 0 Å². The van der Waals surface area contributed by atoms with Crippen LogP contribution < -0.4 is 5.32 Å². The van der Waals surface area contributed by atoms with Crippen LogP contribution in [0.15, 0.2) is 24.7 Å². The van der Waals surface area contributed by atoms with Gasteiger partial charge in [-0.15, -0.1) is 5.10 Å². The molecule has 0 aliphatic heterocycles. The van der Waals surface area contributed by atoms with E-state index >= 15 is 0 Å². The van der Waals surface area contributed by atoms with Crippen molar-refractivity contribution in [2.45, 2.75) is 26.9 Å². The Morgan fingerprint density at radius 2 is 2.29 bits per heavy atom. The first-order chi connectivity index (χ1) is 10.2. The van der Waals surface area contributed by atoms with E-state index in [-0.39, 0.29) is 11.7 Å². The van der Waals surface area contributed by atoms with Gasteiger partial charge in [0.15, 0.2) is 0 Å². The van der Waals surface area contributed by atoms with Crippen LogP contribution in [0.5, 0.6) is 0 Å². The summed E-state index contributed by atoms with van der Waals surface area (Å²) in [5.41, 5.74) is 2.02. The van der Waals surface area contributed by atoms with E-state index in [9.17, 15) is 4.79 Å². The minimum Gasteiger partial charge on any atom is -0.345 e.